The van der Waals surface area contributed by atoms with Crippen molar-refractivity contribution in [2.24, 2.45) is 4.99 Å². The third-order valence-corrected chi connectivity index (χ3v) is 2.54. The van der Waals surface area contributed by atoms with Gasteiger partial charge in [-0.1, -0.05) is 30.4 Å². The highest BCUT2D eigenvalue weighted by Gasteiger charge is 2.18. The Morgan fingerprint density at radius 2 is 1.93 bits per heavy atom. The van der Waals surface area contributed by atoms with Crippen LogP contribution in [0, 0.1) is 0 Å². The highest BCUT2D eigenvalue weighted by molar-refractivity contribution is 6.09. The minimum Gasteiger partial charge on any atom is -0.278 e. The van der Waals surface area contributed by atoms with Crippen LogP contribution < -0.4 is 5.32 Å². The van der Waals surface area contributed by atoms with Gasteiger partial charge >= 0.3 is 0 Å². The fraction of sp³-hybridized carbons (Fsp3) is 0. The van der Waals surface area contributed by atoms with Crippen molar-refractivity contribution in [1.82, 2.24) is 0 Å². The van der Waals surface area contributed by atoms with Gasteiger partial charge in [0, 0.05) is 12.1 Å². The van der Waals surface area contributed by atoms with Gasteiger partial charge in [0.1, 0.15) is 11.4 Å². The minimum atomic E-state index is 1.04. The lowest BCUT2D eigenvalue weighted by molar-refractivity contribution is -0.508. The summed E-state index contributed by atoms with van der Waals surface area (Å²) in [7, 11) is 0. The molecule has 2 N–H and O–H groups in total. The molecule has 0 bridgehead atoms. The quantitative estimate of drug-likeness (QED) is 0.613. The van der Waals surface area contributed by atoms with E-state index in [0.29, 0.717) is 0 Å². The third-order valence-electron chi connectivity index (χ3n) is 2.54. The van der Waals surface area contributed by atoms with Crippen molar-refractivity contribution in [2.45, 2.75) is 0 Å². The lowest BCUT2D eigenvalue weighted by Crippen LogP contribution is -2.78. The van der Waals surface area contributed by atoms with Crippen molar-refractivity contribution in [3.05, 3.63) is 60.3 Å². The molecule has 0 radical (unpaired) electrons. The summed E-state index contributed by atoms with van der Waals surface area (Å²) in [5.74, 6) is 0. The first kappa shape index (κ1) is 8.38. The summed E-state index contributed by atoms with van der Waals surface area (Å²) in [6.07, 6.45) is 10.2. The van der Waals surface area contributed by atoms with Crippen LogP contribution in [0.1, 0.15) is 0 Å². The van der Waals surface area contributed by atoms with E-state index >= 15 is 0 Å². The molecule has 0 atom stereocenters. The summed E-state index contributed by atoms with van der Waals surface area (Å²) in [6.45, 7) is 0. The Kier molecular flexibility index (Phi) is 1.86. The number of allylic oxidation sites excluding steroid dienone is 5. The molecule has 1 aromatic carbocycles. The van der Waals surface area contributed by atoms with E-state index < -0.39 is 0 Å². The predicted molar refractivity (Wildman–Crippen MR) is 61.5 cm³/mol. The standard InChI is InChI=1S/C13H10N2/c1-2-6-10-11(7-3-1)15-13-9-5-4-8-12(13)14-10/h1-9,14H/p+1. The van der Waals surface area contributed by atoms with Gasteiger partial charge in [-0.3, -0.25) is 5.32 Å². The highest BCUT2D eigenvalue weighted by atomic mass is 15.0. The molecule has 0 spiro atoms. The van der Waals surface area contributed by atoms with Gasteiger partial charge in [-0.25, -0.2) is 4.99 Å². The topological polar surface area (TPSA) is 29.0 Å². The molecule has 0 amide bonds. The maximum absolute atomic E-state index is 4.62. The molecule has 0 unspecified atom stereocenters. The number of benzene rings is 1. The van der Waals surface area contributed by atoms with Crippen LogP contribution in [0.2, 0.25) is 0 Å². The number of hydrogen-bond donors (Lipinski definition) is 1. The Balaban J connectivity index is 2.17. The molecule has 1 heterocycles. The summed E-state index contributed by atoms with van der Waals surface area (Å²) >= 11 is 0. The number of nitrogens with zero attached hydrogens (tertiary/aromatic N) is 1. The molecule has 1 aliphatic carbocycles. The second kappa shape index (κ2) is 3.33. The molecule has 72 valence electrons. The lowest BCUT2D eigenvalue weighted by atomic mass is 10.1. The molecule has 2 nitrogen and oxygen atoms in total. The van der Waals surface area contributed by atoms with Crippen molar-refractivity contribution in [1.29, 1.82) is 0 Å². The van der Waals surface area contributed by atoms with Gasteiger partial charge in [0.15, 0.2) is 11.4 Å². The summed E-state index contributed by atoms with van der Waals surface area (Å²) in [6, 6.07) is 8.19. The van der Waals surface area contributed by atoms with E-state index in [1.165, 1.54) is 11.4 Å². The molecule has 0 aromatic heterocycles. The van der Waals surface area contributed by atoms with E-state index in [-0.39, 0.29) is 0 Å². The number of para-hydroxylation sites is 2. The van der Waals surface area contributed by atoms with Gasteiger partial charge < -0.3 is 0 Å². The maximum Gasteiger partial charge on any atom is 0.160 e. The SMILES string of the molecule is C1=CC=C2[NH2+]c3ccccc3N=C2C=C1. The zero-order valence-electron chi connectivity index (χ0n) is 8.22. The Morgan fingerprint density at radius 1 is 1.00 bits per heavy atom. The van der Waals surface area contributed by atoms with Crippen molar-refractivity contribution in [2.75, 3.05) is 0 Å². The normalized spacial score (nSPS) is 17.3. The second-order valence-electron chi connectivity index (χ2n) is 3.57. The van der Waals surface area contributed by atoms with Crippen LogP contribution in [0.15, 0.2) is 65.3 Å². The minimum absolute atomic E-state index is 1.04. The van der Waals surface area contributed by atoms with Gasteiger partial charge in [-0.15, -0.1) is 0 Å². The number of nitrogens with two attached hydrogens (primary N) is 1. The first-order chi connectivity index (χ1) is 7.43. The summed E-state index contributed by atoms with van der Waals surface area (Å²) in [4.78, 5) is 4.62. The predicted octanol–water partition coefficient (Wildman–Crippen LogP) is 1.98. The molecule has 2 heteroatoms. The van der Waals surface area contributed by atoms with Crippen LogP contribution in [-0.4, -0.2) is 5.71 Å². The van der Waals surface area contributed by atoms with Crippen LogP contribution in [0.3, 0.4) is 0 Å². The molecular weight excluding hydrogens is 184 g/mol. The average Bonchev–Trinajstić information content (AvgIpc) is 2.50. The molecule has 15 heavy (non-hydrogen) atoms. The number of aliphatic imine (C=N–C) groups is 1. The van der Waals surface area contributed by atoms with Crippen LogP contribution in [0.4, 0.5) is 11.4 Å². The van der Waals surface area contributed by atoms with Crippen LogP contribution >= 0.6 is 0 Å². The maximum atomic E-state index is 4.62. The van der Waals surface area contributed by atoms with Crippen molar-refractivity contribution in [3.8, 4) is 0 Å². The summed E-state index contributed by atoms with van der Waals surface area (Å²) in [5.41, 5.74) is 4.46. The van der Waals surface area contributed by atoms with Crippen LogP contribution in [0.25, 0.3) is 0 Å². The van der Waals surface area contributed by atoms with Crippen LogP contribution in [0.5, 0.6) is 0 Å². The van der Waals surface area contributed by atoms with Crippen LogP contribution in [-0.2, 0) is 0 Å². The molecular formula is C13H11N2+. The molecule has 3 rings (SSSR count). The molecule has 1 aromatic rings. The highest BCUT2D eigenvalue weighted by Crippen LogP contribution is 2.24. The zero-order valence-corrected chi connectivity index (χ0v) is 8.22. The van der Waals surface area contributed by atoms with Gasteiger partial charge in [0.25, 0.3) is 0 Å². The number of quaternary nitrogens is 1. The Morgan fingerprint density at radius 3 is 2.93 bits per heavy atom. The van der Waals surface area contributed by atoms with E-state index in [1.54, 1.807) is 0 Å². The molecule has 1 aliphatic heterocycles. The van der Waals surface area contributed by atoms with E-state index in [1.807, 2.05) is 42.5 Å². The van der Waals surface area contributed by atoms with Gasteiger partial charge in [-0.2, -0.15) is 0 Å². The van der Waals surface area contributed by atoms with Gasteiger partial charge in [0.2, 0.25) is 0 Å². The first-order valence-corrected chi connectivity index (χ1v) is 5.01. The second-order valence-corrected chi connectivity index (χ2v) is 3.57. The number of fused-ring (bicyclic) bond motifs is 2. The van der Waals surface area contributed by atoms with E-state index in [9.17, 15) is 0 Å². The number of hydrogen-bond acceptors (Lipinski definition) is 1. The summed E-state index contributed by atoms with van der Waals surface area (Å²) < 4.78 is 0. The number of rotatable bonds is 0. The fourth-order valence-corrected chi connectivity index (χ4v) is 1.78. The fourth-order valence-electron chi connectivity index (χ4n) is 1.78. The Labute approximate surface area is 88.4 Å². The van der Waals surface area contributed by atoms with E-state index in [0.717, 1.165) is 11.4 Å². The van der Waals surface area contributed by atoms with E-state index in [2.05, 4.69) is 22.5 Å². The third kappa shape index (κ3) is 1.45. The van der Waals surface area contributed by atoms with Crippen molar-refractivity contribution < 1.29 is 5.32 Å². The lowest BCUT2D eigenvalue weighted by Gasteiger charge is -2.12. The molecule has 2 aliphatic rings. The monoisotopic (exact) mass is 195 g/mol. The van der Waals surface area contributed by atoms with Crippen molar-refractivity contribution >= 4 is 17.1 Å². The van der Waals surface area contributed by atoms with Gasteiger partial charge in [-0.05, 0) is 12.1 Å². The zero-order chi connectivity index (χ0) is 10.1. The molecule has 0 fully saturated rings. The largest absolute Gasteiger partial charge is 0.278 e. The average molecular weight is 195 g/mol. The first-order valence-electron chi connectivity index (χ1n) is 5.01. The molecule has 0 saturated heterocycles. The molecule has 0 saturated carbocycles. The Bertz CT molecular complexity index is 519. The smallest absolute Gasteiger partial charge is 0.160 e. The summed E-state index contributed by atoms with van der Waals surface area (Å²) in [5, 5.41) is 2.18. The van der Waals surface area contributed by atoms with E-state index in [4.69, 9.17) is 0 Å². The Hall–Kier alpha value is -1.93. The van der Waals surface area contributed by atoms with Gasteiger partial charge in [0.05, 0.1) is 0 Å². The van der Waals surface area contributed by atoms with Crippen molar-refractivity contribution in [3.63, 3.8) is 0 Å².